The minimum Gasteiger partial charge on any atom is -0.310 e. The second-order valence-electron chi connectivity index (χ2n) is 6.91. The van der Waals surface area contributed by atoms with E-state index in [1.807, 2.05) is 6.07 Å². The van der Waals surface area contributed by atoms with E-state index in [1.165, 1.54) is 38.2 Å². The van der Waals surface area contributed by atoms with Crippen LogP contribution >= 0.6 is 0 Å². The largest absolute Gasteiger partial charge is 0.310 e. The van der Waals surface area contributed by atoms with Gasteiger partial charge in [0.15, 0.2) is 0 Å². The van der Waals surface area contributed by atoms with Crippen molar-refractivity contribution in [2.45, 2.75) is 56.5 Å². The maximum absolute atomic E-state index is 13.5. The maximum Gasteiger partial charge on any atom is 0.123 e. The van der Waals surface area contributed by atoms with Crippen LogP contribution < -0.4 is 5.32 Å². The Hall–Kier alpha value is -0.930. The summed E-state index contributed by atoms with van der Waals surface area (Å²) in [5, 5.41) is 3.87. The van der Waals surface area contributed by atoms with Crippen LogP contribution in [0.1, 0.15) is 50.0 Å². The van der Waals surface area contributed by atoms with Gasteiger partial charge in [0.25, 0.3) is 0 Å². The lowest BCUT2D eigenvalue weighted by atomic mass is 9.87. The standard InChI is InChI=1S/C18H27FN2/c1-21-12-15(14-6-5-7-16(19)10-14)11-18(13-21)20-17-8-3-2-4-9-17/h5-7,10,15,17-18,20H,2-4,8-9,11-13H2,1H3. The summed E-state index contributed by atoms with van der Waals surface area (Å²) in [6.45, 7) is 2.15. The zero-order valence-corrected chi connectivity index (χ0v) is 13.0. The molecule has 1 aliphatic carbocycles. The molecular weight excluding hydrogens is 263 g/mol. The van der Waals surface area contributed by atoms with E-state index < -0.39 is 0 Å². The highest BCUT2D eigenvalue weighted by atomic mass is 19.1. The van der Waals surface area contributed by atoms with Crippen LogP contribution in [0.5, 0.6) is 0 Å². The molecule has 2 nitrogen and oxygen atoms in total. The molecule has 21 heavy (non-hydrogen) atoms. The summed E-state index contributed by atoms with van der Waals surface area (Å²) < 4.78 is 13.5. The number of piperidine rings is 1. The zero-order valence-electron chi connectivity index (χ0n) is 13.0. The van der Waals surface area contributed by atoms with E-state index in [1.54, 1.807) is 6.07 Å². The molecule has 116 valence electrons. The summed E-state index contributed by atoms with van der Waals surface area (Å²) >= 11 is 0. The van der Waals surface area contributed by atoms with Gasteiger partial charge in [0.1, 0.15) is 5.82 Å². The summed E-state index contributed by atoms with van der Waals surface area (Å²) in [6, 6.07) is 8.39. The first-order valence-corrected chi connectivity index (χ1v) is 8.41. The molecule has 0 radical (unpaired) electrons. The first-order valence-electron chi connectivity index (χ1n) is 8.41. The molecular formula is C18H27FN2. The summed E-state index contributed by atoms with van der Waals surface area (Å²) in [5.41, 5.74) is 1.15. The summed E-state index contributed by atoms with van der Waals surface area (Å²) in [4.78, 5) is 2.39. The Morgan fingerprint density at radius 1 is 1.10 bits per heavy atom. The van der Waals surface area contributed by atoms with Crippen LogP contribution in [-0.2, 0) is 0 Å². The third-order valence-electron chi connectivity index (χ3n) is 5.03. The van der Waals surface area contributed by atoms with Gasteiger partial charge in [-0.15, -0.1) is 0 Å². The lowest BCUT2D eigenvalue weighted by Crippen LogP contribution is -2.50. The van der Waals surface area contributed by atoms with Gasteiger partial charge in [-0.25, -0.2) is 4.39 Å². The van der Waals surface area contributed by atoms with Crippen molar-refractivity contribution in [3.05, 3.63) is 35.6 Å². The average Bonchev–Trinajstić information content (AvgIpc) is 2.48. The van der Waals surface area contributed by atoms with Crippen LogP contribution in [0.15, 0.2) is 24.3 Å². The SMILES string of the molecule is CN1CC(NC2CCCCC2)CC(c2cccc(F)c2)C1. The van der Waals surface area contributed by atoms with Crippen molar-refractivity contribution in [3.8, 4) is 0 Å². The summed E-state index contributed by atoms with van der Waals surface area (Å²) in [5.74, 6) is 0.332. The number of likely N-dealkylation sites (N-methyl/N-ethyl adjacent to an activating group) is 1. The van der Waals surface area contributed by atoms with E-state index in [-0.39, 0.29) is 5.82 Å². The van der Waals surface area contributed by atoms with Crippen LogP contribution in [0.25, 0.3) is 0 Å². The third-order valence-corrected chi connectivity index (χ3v) is 5.03. The predicted octanol–water partition coefficient (Wildman–Crippen LogP) is 3.54. The predicted molar refractivity (Wildman–Crippen MR) is 85.1 cm³/mol. The fourth-order valence-corrected chi connectivity index (χ4v) is 4.04. The highest BCUT2D eigenvalue weighted by Crippen LogP contribution is 2.28. The number of halogens is 1. The first kappa shape index (κ1) is 15.0. The Morgan fingerprint density at radius 2 is 1.90 bits per heavy atom. The van der Waals surface area contributed by atoms with Gasteiger partial charge in [-0.05, 0) is 49.9 Å². The van der Waals surface area contributed by atoms with Crippen molar-refractivity contribution in [3.63, 3.8) is 0 Å². The molecule has 0 spiro atoms. The smallest absolute Gasteiger partial charge is 0.123 e. The monoisotopic (exact) mass is 290 g/mol. The molecule has 2 fully saturated rings. The topological polar surface area (TPSA) is 15.3 Å². The van der Waals surface area contributed by atoms with Crippen molar-refractivity contribution in [1.82, 2.24) is 10.2 Å². The minimum absolute atomic E-state index is 0.113. The van der Waals surface area contributed by atoms with Crippen LogP contribution in [0.3, 0.4) is 0 Å². The number of nitrogens with zero attached hydrogens (tertiary/aromatic N) is 1. The summed E-state index contributed by atoms with van der Waals surface area (Å²) in [7, 11) is 2.18. The van der Waals surface area contributed by atoms with Crippen LogP contribution in [0.2, 0.25) is 0 Å². The molecule has 2 atom stereocenters. The van der Waals surface area contributed by atoms with E-state index >= 15 is 0 Å². The van der Waals surface area contributed by atoms with Crippen LogP contribution in [-0.4, -0.2) is 37.1 Å². The average molecular weight is 290 g/mol. The second kappa shape index (κ2) is 6.89. The fraction of sp³-hybridized carbons (Fsp3) is 0.667. The second-order valence-corrected chi connectivity index (χ2v) is 6.91. The molecule has 0 aromatic heterocycles. The van der Waals surface area contributed by atoms with Gasteiger partial charge in [0.2, 0.25) is 0 Å². The number of likely N-dealkylation sites (tertiary alicyclic amines) is 1. The third kappa shape index (κ3) is 4.04. The first-order chi connectivity index (χ1) is 10.2. The quantitative estimate of drug-likeness (QED) is 0.916. The Labute approximate surface area is 127 Å². The molecule has 1 aromatic rings. The van der Waals surface area contributed by atoms with Gasteiger partial charge >= 0.3 is 0 Å². The minimum atomic E-state index is -0.113. The number of rotatable bonds is 3. The Balaban J connectivity index is 1.63. The molecule has 2 unspecified atom stereocenters. The molecule has 0 amide bonds. The Morgan fingerprint density at radius 3 is 2.67 bits per heavy atom. The van der Waals surface area contributed by atoms with E-state index in [9.17, 15) is 4.39 Å². The van der Waals surface area contributed by atoms with E-state index in [0.717, 1.165) is 25.1 Å². The maximum atomic E-state index is 13.5. The lowest BCUT2D eigenvalue weighted by Gasteiger charge is -2.39. The van der Waals surface area contributed by atoms with E-state index in [0.29, 0.717) is 18.0 Å². The van der Waals surface area contributed by atoms with Crippen molar-refractivity contribution in [1.29, 1.82) is 0 Å². The molecule has 1 saturated heterocycles. The number of benzene rings is 1. The van der Waals surface area contributed by atoms with Gasteiger partial charge < -0.3 is 10.2 Å². The molecule has 2 aliphatic rings. The van der Waals surface area contributed by atoms with Crippen molar-refractivity contribution in [2.24, 2.45) is 0 Å². The fourth-order valence-electron chi connectivity index (χ4n) is 4.04. The van der Waals surface area contributed by atoms with Crippen LogP contribution in [0.4, 0.5) is 4.39 Å². The van der Waals surface area contributed by atoms with Gasteiger partial charge in [-0.1, -0.05) is 31.4 Å². The number of hydrogen-bond donors (Lipinski definition) is 1. The normalized spacial score (nSPS) is 28.7. The molecule has 1 aromatic carbocycles. The van der Waals surface area contributed by atoms with Gasteiger partial charge in [0, 0.05) is 25.2 Å². The number of hydrogen-bond acceptors (Lipinski definition) is 2. The van der Waals surface area contributed by atoms with Crippen molar-refractivity contribution < 1.29 is 4.39 Å². The number of nitrogens with one attached hydrogen (secondary N) is 1. The molecule has 1 aliphatic heterocycles. The molecule has 1 heterocycles. The van der Waals surface area contributed by atoms with Gasteiger partial charge in [0.05, 0.1) is 0 Å². The van der Waals surface area contributed by atoms with Crippen molar-refractivity contribution in [2.75, 3.05) is 20.1 Å². The molecule has 1 saturated carbocycles. The summed E-state index contributed by atoms with van der Waals surface area (Å²) in [6.07, 6.45) is 7.91. The molecule has 1 N–H and O–H groups in total. The van der Waals surface area contributed by atoms with E-state index in [2.05, 4.69) is 23.3 Å². The Bertz CT molecular complexity index is 456. The Kier molecular flexibility index (Phi) is 4.91. The van der Waals surface area contributed by atoms with E-state index in [4.69, 9.17) is 0 Å². The van der Waals surface area contributed by atoms with Crippen LogP contribution in [0, 0.1) is 5.82 Å². The van der Waals surface area contributed by atoms with Crippen molar-refractivity contribution >= 4 is 0 Å². The molecule has 0 bridgehead atoms. The highest BCUT2D eigenvalue weighted by Gasteiger charge is 2.28. The van der Waals surface area contributed by atoms with Gasteiger partial charge in [-0.3, -0.25) is 0 Å². The zero-order chi connectivity index (χ0) is 14.7. The highest BCUT2D eigenvalue weighted by molar-refractivity contribution is 5.22. The molecule has 3 heteroatoms. The van der Waals surface area contributed by atoms with Gasteiger partial charge in [-0.2, -0.15) is 0 Å². The lowest BCUT2D eigenvalue weighted by molar-refractivity contribution is 0.186. The molecule has 3 rings (SSSR count).